The Morgan fingerprint density at radius 2 is 2.11 bits per heavy atom. The minimum atomic E-state index is -0.254. The molecule has 3 rings (SSSR count). The third-order valence-electron chi connectivity index (χ3n) is 5.02. The van der Waals surface area contributed by atoms with Crippen LogP contribution >= 0.6 is 11.8 Å². The van der Waals surface area contributed by atoms with Gasteiger partial charge in [-0.3, -0.25) is 4.79 Å². The van der Waals surface area contributed by atoms with Crippen molar-refractivity contribution in [2.24, 2.45) is 0 Å². The maximum atomic E-state index is 12.9. The lowest BCUT2D eigenvalue weighted by molar-refractivity contribution is -0.114. The molecule has 0 fully saturated rings. The van der Waals surface area contributed by atoms with Crippen LogP contribution in [0.4, 0.5) is 5.69 Å². The van der Waals surface area contributed by atoms with Crippen LogP contribution in [0.1, 0.15) is 26.3 Å². The molecule has 0 amide bonds. The number of ether oxygens (including phenoxy) is 1. The molecule has 1 aliphatic heterocycles. The van der Waals surface area contributed by atoms with Crippen LogP contribution in [-0.2, 0) is 21.5 Å². The van der Waals surface area contributed by atoms with Crippen molar-refractivity contribution in [1.82, 2.24) is 14.8 Å². The van der Waals surface area contributed by atoms with E-state index in [0.29, 0.717) is 13.2 Å². The van der Waals surface area contributed by atoms with Gasteiger partial charge in [0.25, 0.3) is 0 Å². The van der Waals surface area contributed by atoms with Gasteiger partial charge in [-0.2, -0.15) is 0 Å². The van der Waals surface area contributed by atoms with Crippen molar-refractivity contribution in [3.8, 4) is 0 Å². The number of para-hydroxylation sites is 1. The van der Waals surface area contributed by atoms with Crippen molar-refractivity contribution in [1.29, 1.82) is 0 Å². The molecule has 1 aromatic heterocycles. The molecular weight excluding hydrogens is 360 g/mol. The van der Waals surface area contributed by atoms with E-state index in [1.54, 1.807) is 19.5 Å². The molecule has 6 nitrogen and oxygen atoms in total. The number of anilines is 1. The van der Waals surface area contributed by atoms with E-state index >= 15 is 0 Å². The quantitative estimate of drug-likeness (QED) is 0.538. The lowest BCUT2D eigenvalue weighted by Gasteiger charge is -2.24. The summed E-state index contributed by atoms with van der Waals surface area (Å²) >= 11 is 1.43. The summed E-state index contributed by atoms with van der Waals surface area (Å²) in [7, 11) is 3.68. The Kier molecular flexibility index (Phi) is 5.72. The number of nitrogens with zero attached hydrogens (tertiary/aromatic N) is 4. The highest BCUT2D eigenvalue weighted by Gasteiger charge is 2.38. The van der Waals surface area contributed by atoms with Crippen molar-refractivity contribution >= 4 is 23.2 Å². The fourth-order valence-electron chi connectivity index (χ4n) is 3.41. The molecular formula is C20H26N4O2S. The zero-order chi connectivity index (χ0) is 19.6. The maximum Gasteiger partial charge on any atom is 0.191 e. The van der Waals surface area contributed by atoms with Gasteiger partial charge in [0, 0.05) is 43.6 Å². The Morgan fingerprint density at radius 3 is 2.81 bits per heavy atom. The van der Waals surface area contributed by atoms with Crippen LogP contribution in [-0.4, -0.2) is 46.6 Å². The first-order valence-electron chi connectivity index (χ1n) is 8.99. The van der Waals surface area contributed by atoms with Crippen LogP contribution in [0.25, 0.3) is 0 Å². The van der Waals surface area contributed by atoms with E-state index in [0.717, 1.165) is 16.5 Å². The molecule has 27 heavy (non-hydrogen) atoms. The number of hydrogen-bond acceptors (Lipinski definition) is 6. The molecule has 0 bridgehead atoms. The number of aromatic nitrogens is 3. The molecule has 144 valence electrons. The Morgan fingerprint density at radius 1 is 1.37 bits per heavy atom. The Labute approximate surface area is 164 Å². The number of hydrogen-bond donors (Lipinski definition) is 0. The zero-order valence-electron chi connectivity index (χ0n) is 16.5. The molecule has 1 aromatic carbocycles. The molecule has 0 saturated carbocycles. The average molecular weight is 387 g/mol. The number of fused-ring (bicyclic) bond motifs is 1. The number of carbonyl (C=O) groups excluding carboxylic acids is 1. The molecule has 0 saturated heterocycles. The third-order valence-corrected chi connectivity index (χ3v) is 6.13. The molecule has 0 radical (unpaired) electrons. The lowest BCUT2D eigenvalue weighted by Crippen LogP contribution is -2.25. The lowest BCUT2D eigenvalue weighted by atomic mass is 9.83. The molecule has 1 aliphatic rings. The van der Waals surface area contributed by atoms with Crippen LogP contribution in [0, 0.1) is 0 Å². The van der Waals surface area contributed by atoms with Crippen LogP contribution in [0.2, 0.25) is 0 Å². The predicted octanol–water partition coefficient (Wildman–Crippen LogP) is 3.29. The van der Waals surface area contributed by atoms with Gasteiger partial charge in [0.05, 0.1) is 11.9 Å². The first-order chi connectivity index (χ1) is 12.9. The SMILES string of the molecule is COCCn1cnnc1SC(C)C(=O)/C=C1/N(C)c2ccccc2C1(C)C. The molecule has 2 heterocycles. The second-order valence-electron chi connectivity index (χ2n) is 7.19. The van der Waals surface area contributed by atoms with Gasteiger partial charge in [-0.25, -0.2) is 0 Å². The van der Waals surface area contributed by atoms with Gasteiger partial charge in [0.15, 0.2) is 10.9 Å². The van der Waals surface area contributed by atoms with Crippen LogP contribution in [0.5, 0.6) is 0 Å². The summed E-state index contributed by atoms with van der Waals surface area (Å²) in [6.07, 6.45) is 3.45. The van der Waals surface area contributed by atoms with Gasteiger partial charge in [-0.15, -0.1) is 10.2 Å². The smallest absolute Gasteiger partial charge is 0.191 e. The summed E-state index contributed by atoms with van der Waals surface area (Å²) in [6, 6.07) is 8.30. The first kappa shape index (κ1) is 19.6. The second-order valence-corrected chi connectivity index (χ2v) is 8.50. The number of thioether (sulfide) groups is 1. The number of methoxy groups -OCH3 is 1. The Bertz CT molecular complexity index is 859. The van der Waals surface area contributed by atoms with Gasteiger partial charge in [0.1, 0.15) is 6.33 Å². The molecule has 7 heteroatoms. The topological polar surface area (TPSA) is 60.2 Å². The van der Waals surface area contributed by atoms with Crippen molar-refractivity contribution in [3.05, 3.63) is 47.9 Å². The van der Waals surface area contributed by atoms with Crippen molar-refractivity contribution in [2.45, 2.75) is 43.1 Å². The predicted molar refractivity (Wildman–Crippen MR) is 108 cm³/mol. The third kappa shape index (κ3) is 3.80. The van der Waals surface area contributed by atoms with Gasteiger partial charge >= 0.3 is 0 Å². The Balaban J connectivity index is 1.78. The molecule has 1 atom stereocenters. The molecule has 0 aliphatic carbocycles. The van der Waals surface area contributed by atoms with Crippen LogP contribution in [0.3, 0.4) is 0 Å². The monoisotopic (exact) mass is 386 g/mol. The van der Waals surface area contributed by atoms with E-state index in [-0.39, 0.29) is 16.4 Å². The van der Waals surface area contributed by atoms with Gasteiger partial charge in [0.2, 0.25) is 0 Å². The normalized spacial score (nSPS) is 18.0. The van der Waals surface area contributed by atoms with E-state index in [1.807, 2.05) is 30.7 Å². The number of carbonyl (C=O) groups is 1. The van der Waals surface area contributed by atoms with Gasteiger partial charge in [-0.1, -0.05) is 43.8 Å². The van der Waals surface area contributed by atoms with E-state index in [2.05, 4.69) is 41.1 Å². The molecule has 1 unspecified atom stereocenters. The summed E-state index contributed by atoms with van der Waals surface area (Å²) in [5.41, 5.74) is 3.21. The Hall–Kier alpha value is -2.12. The van der Waals surface area contributed by atoms with Crippen molar-refractivity contribution in [2.75, 3.05) is 25.7 Å². The maximum absolute atomic E-state index is 12.9. The summed E-state index contributed by atoms with van der Waals surface area (Å²) < 4.78 is 7.02. The van der Waals surface area contributed by atoms with Gasteiger partial charge in [-0.05, 0) is 18.6 Å². The fourth-order valence-corrected chi connectivity index (χ4v) is 4.27. The highest BCUT2D eigenvalue weighted by atomic mass is 32.2. The number of allylic oxidation sites excluding steroid dienone is 2. The number of rotatable bonds is 7. The van der Waals surface area contributed by atoms with E-state index in [1.165, 1.54) is 17.3 Å². The minimum absolute atomic E-state index is 0.0732. The zero-order valence-corrected chi connectivity index (χ0v) is 17.3. The summed E-state index contributed by atoms with van der Waals surface area (Å²) in [5, 5.41) is 8.57. The van der Waals surface area contributed by atoms with Crippen molar-refractivity contribution in [3.63, 3.8) is 0 Å². The van der Waals surface area contributed by atoms with E-state index < -0.39 is 0 Å². The van der Waals surface area contributed by atoms with E-state index in [4.69, 9.17) is 4.74 Å². The first-order valence-corrected chi connectivity index (χ1v) is 9.87. The summed E-state index contributed by atoms with van der Waals surface area (Å²) in [5.74, 6) is 0.0732. The van der Waals surface area contributed by atoms with Crippen LogP contribution < -0.4 is 4.90 Å². The highest BCUT2D eigenvalue weighted by molar-refractivity contribution is 8.00. The van der Waals surface area contributed by atoms with Crippen molar-refractivity contribution < 1.29 is 9.53 Å². The number of likely N-dealkylation sites (N-methyl/N-ethyl adjacent to an activating group) is 1. The molecule has 0 N–H and O–H groups in total. The largest absolute Gasteiger partial charge is 0.383 e. The fraction of sp³-hybridized carbons (Fsp3) is 0.450. The summed E-state index contributed by atoms with van der Waals surface area (Å²) in [6.45, 7) is 7.48. The summed E-state index contributed by atoms with van der Waals surface area (Å²) in [4.78, 5) is 15.0. The second kappa shape index (κ2) is 7.86. The standard InChI is InChI=1S/C20H26N4O2S/c1-14(27-19-22-21-13-24(19)10-11-26-5)17(25)12-18-20(2,3)15-8-6-7-9-16(15)23(18)4/h6-9,12-14H,10-11H2,1-5H3/b18-12+. The highest BCUT2D eigenvalue weighted by Crippen LogP contribution is 2.46. The molecule has 2 aromatic rings. The average Bonchev–Trinajstić information content (AvgIpc) is 3.16. The number of benzene rings is 1. The van der Waals surface area contributed by atoms with E-state index in [9.17, 15) is 4.79 Å². The minimum Gasteiger partial charge on any atom is -0.383 e. The van der Waals surface area contributed by atoms with Gasteiger partial charge < -0.3 is 14.2 Å². The van der Waals surface area contributed by atoms with Crippen LogP contribution in [0.15, 0.2) is 47.5 Å². The number of ketones is 1. The molecule has 0 spiro atoms.